The number of nitrogens with one attached hydrogen (secondary N) is 2. The van der Waals surface area contributed by atoms with E-state index in [0.29, 0.717) is 19.1 Å². The van der Waals surface area contributed by atoms with E-state index >= 15 is 0 Å². The van der Waals surface area contributed by atoms with Gasteiger partial charge in [0.1, 0.15) is 0 Å². The van der Waals surface area contributed by atoms with Crippen molar-refractivity contribution in [3.05, 3.63) is 28.3 Å². The number of rotatable bonds is 4. The first-order valence-electron chi connectivity index (χ1n) is 11.4. The van der Waals surface area contributed by atoms with Gasteiger partial charge in [0.25, 0.3) is 0 Å². The van der Waals surface area contributed by atoms with Crippen LogP contribution in [0.2, 0.25) is 0 Å². The van der Waals surface area contributed by atoms with Gasteiger partial charge < -0.3 is 5.32 Å². The van der Waals surface area contributed by atoms with Crippen LogP contribution in [0.1, 0.15) is 61.8 Å². The smallest absolute Gasteiger partial charge is 0.307 e. The number of hydrogen-bond donors (Lipinski definition) is 2. The Morgan fingerprint density at radius 1 is 1.00 bits per heavy atom. The van der Waals surface area contributed by atoms with Gasteiger partial charge in [-0.05, 0) is 87.5 Å². The van der Waals surface area contributed by atoms with Crippen LogP contribution in [0.5, 0.6) is 0 Å². The van der Waals surface area contributed by atoms with Crippen molar-refractivity contribution in [2.24, 2.45) is 0 Å². The van der Waals surface area contributed by atoms with Crippen LogP contribution in [0.15, 0.2) is 6.07 Å². The molecule has 4 aliphatic rings. The van der Waals surface area contributed by atoms with Crippen molar-refractivity contribution in [2.45, 2.75) is 83.3 Å². The van der Waals surface area contributed by atoms with E-state index in [1.807, 2.05) is 0 Å². The molecule has 2 aliphatic heterocycles. The van der Waals surface area contributed by atoms with Gasteiger partial charge in [-0.15, -0.1) is 0 Å². The largest absolute Gasteiger partial charge is 0.333 e. The van der Waals surface area contributed by atoms with Gasteiger partial charge in [0, 0.05) is 88.3 Å². The van der Waals surface area contributed by atoms with E-state index in [9.17, 15) is 13.2 Å². The fourth-order valence-corrected chi connectivity index (χ4v) is 7.38. The Hall–Kier alpha value is -0.00364. The molecule has 2 heterocycles. The second-order valence-electron chi connectivity index (χ2n) is 9.54. The summed E-state index contributed by atoms with van der Waals surface area (Å²) < 4.78 is 29.7. The topological polar surface area (TPSA) is 81.8 Å². The SMILES string of the molecule is CC(C)N1C2CCC1CN(S(=O)(=O)NC(=O)Nc1c3c(cc4c1CCC4)CCC3)C2.[K]. The Morgan fingerprint density at radius 2 is 1.55 bits per heavy atom. The third kappa shape index (κ3) is 4.54. The number of benzene rings is 1. The maximum atomic E-state index is 13.0. The zero-order valence-electron chi connectivity index (χ0n) is 18.9. The van der Waals surface area contributed by atoms with Crippen LogP contribution >= 0.6 is 0 Å². The predicted octanol–water partition coefficient (Wildman–Crippen LogP) is 2.21. The fourth-order valence-electron chi connectivity index (χ4n) is 6.22. The van der Waals surface area contributed by atoms with Crippen LogP contribution < -0.4 is 10.0 Å². The molecule has 2 unspecified atom stereocenters. The first-order chi connectivity index (χ1) is 14.3. The number of anilines is 1. The zero-order chi connectivity index (χ0) is 21.0. The molecule has 0 spiro atoms. The van der Waals surface area contributed by atoms with E-state index in [1.165, 1.54) is 26.6 Å². The second kappa shape index (κ2) is 9.33. The number of piperazine rings is 1. The number of fused-ring (bicyclic) bond motifs is 4. The van der Waals surface area contributed by atoms with Crippen LogP contribution in [0.25, 0.3) is 0 Å². The summed E-state index contributed by atoms with van der Waals surface area (Å²) in [7, 11) is -3.86. The number of urea groups is 1. The predicted molar refractivity (Wildman–Crippen MR) is 123 cm³/mol. The quantitative estimate of drug-likeness (QED) is 0.660. The Kier molecular flexibility index (Phi) is 7.26. The number of carbonyl (C=O) groups is 1. The van der Waals surface area contributed by atoms with Crippen LogP contribution in [-0.2, 0) is 35.9 Å². The third-order valence-electron chi connectivity index (χ3n) is 7.37. The molecule has 7 nitrogen and oxygen atoms in total. The normalized spacial score (nSPS) is 25.3. The van der Waals surface area contributed by atoms with E-state index in [1.54, 1.807) is 0 Å². The molecular weight excluding hydrogens is 439 g/mol. The maximum Gasteiger partial charge on any atom is 0.333 e. The van der Waals surface area contributed by atoms with Gasteiger partial charge in [0.2, 0.25) is 0 Å². The van der Waals surface area contributed by atoms with Crippen molar-refractivity contribution >= 4 is 73.3 Å². The molecule has 1 aromatic carbocycles. The van der Waals surface area contributed by atoms with Crippen LogP contribution in [0, 0.1) is 0 Å². The molecule has 2 saturated heterocycles. The zero-order valence-corrected chi connectivity index (χ0v) is 22.8. The van der Waals surface area contributed by atoms with Gasteiger partial charge in [-0.1, -0.05) is 6.07 Å². The minimum absolute atomic E-state index is 0. The first-order valence-corrected chi connectivity index (χ1v) is 12.8. The molecule has 2 amide bonds. The molecule has 2 fully saturated rings. The molecule has 0 saturated carbocycles. The van der Waals surface area contributed by atoms with Crippen molar-refractivity contribution in [1.29, 1.82) is 0 Å². The second-order valence-corrected chi connectivity index (χ2v) is 11.2. The molecule has 1 radical (unpaired) electrons. The number of carbonyl (C=O) groups excluding carboxylic acids is 1. The van der Waals surface area contributed by atoms with Gasteiger partial charge in [-0.3, -0.25) is 4.90 Å². The van der Waals surface area contributed by atoms with Crippen molar-refractivity contribution in [2.75, 3.05) is 18.4 Å². The Morgan fingerprint density at radius 3 is 2.06 bits per heavy atom. The van der Waals surface area contributed by atoms with Gasteiger partial charge in [-0.25, -0.2) is 9.52 Å². The van der Waals surface area contributed by atoms with E-state index in [4.69, 9.17) is 0 Å². The monoisotopic (exact) mass is 471 g/mol. The summed E-state index contributed by atoms with van der Waals surface area (Å²) in [5, 5.41) is 2.94. The standard InChI is InChI=1S/C22H32N4O3S.K/c1-14(2)26-17-9-10-18(26)13-25(12-17)30(28,29)24-22(27)23-21-19-7-3-5-15(19)11-16-6-4-8-20(16)21;/h11,14,17-18H,3-10,12-13H2,1-2H3,(H2,23,24,27);. The third-order valence-corrected chi connectivity index (χ3v) is 8.80. The average molecular weight is 472 g/mol. The van der Waals surface area contributed by atoms with Crippen LogP contribution in [0.3, 0.4) is 0 Å². The summed E-state index contributed by atoms with van der Waals surface area (Å²) >= 11 is 0. The molecule has 0 aromatic heterocycles. The number of nitrogens with zero attached hydrogens (tertiary/aromatic N) is 2. The Bertz CT molecular complexity index is 935. The van der Waals surface area contributed by atoms with Crippen molar-refractivity contribution < 1.29 is 13.2 Å². The number of amides is 2. The average Bonchev–Trinajstić information content (AvgIpc) is 3.38. The van der Waals surface area contributed by atoms with E-state index in [2.05, 4.69) is 34.9 Å². The van der Waals surface area contributed by atoms with Crippen molar-refractivity contribution in [1.82, 2.24) is 13.9 Å². The summed E-state index contributed by atoms with van der Waals surface area (Å²) in [6.07, 6.45) is 8.20. The summed E-state index contributed by atoms with van der Waals surface area (Å²) in [5.41, 5.74) is 5.90. The number of hydrogen-bond acceptors (Lipinski definition) is 4. The Labute approximate surface area is 228 Å². The molecule has 31 heavy (non-hydrogen) atoms. The summed E-state index contributed by atoms with van der Waals surface area (Å²) in [6.45, 7) is 5.23. The van der Waals surface area contributed by atoms with Crippen LogP contribution in [0.4, 0.5) is 10.5 Å². The molecule has 2 bridgehead atoms. The Balaban J connectivity index is 0.00000231. The van der Waals surface area contributed by atoms with E-state index < -0.39 is 16.2 Å². The molecule has 9 heteroatoms. The summed E-state index contributed by atoms with van der Waals surface area (Å²) in [6, 6.07) is 2.55. The van der Waals surface area contributed by atoms with Crippen molar-refractivity contribution in [3.8, 4) is 0 Å². The fraction of sp³-hybridized carbons (Fsp3) is 0.682. The summed E-state index contributed by atoms with van der Waals surface area (Å²) in [5.74, 6) is 0. The molecule has 165 valence electrons. The van der Waals surface area contributed by atoms with Gasteiger partial charge in [-0.2, -0.15) is 12.7 Å². The molecule has 1 aromatic rings. The van der Waals surface area contributed by atoms with Gasteiger partial charge >= 0.3 is 16.2 Å². The first kappa shape index (κ1) is 24.1. The van der Waals surface area contributed by atoms with Crippen molar-refractivity contribution in [3.63, 3.8) is 0 Å². The van der Waals surface area contributed by atoms with Gasteiger partial charge in [0.15, 0.2) is 0 Å². The van der Waals surface area contributed by atoms with E-state index in [-0.39, 0.29) is 63.5 Å². The molecular formula is C22H32KN4O3S. The minimum atomic E-state index is -3.86. The number of aryl methyl sites for hydroxylation is 2. The van der Waals surface area contributed by atoms with Crippen LogP contribution in [-0.4, -0.2) is 106 Å². The molecule has 2 aliphatic carbocycles. The maximum absolute atomic E-state index is 13.0. The van der Waals surface area contributed by atoms with E-state index in [0.717, 1.165) is 57.1 Å². The minimum Gasteiger partial charge on any atom is -0.307 e. The summed E-state index contributed by atoms with van der Waals surface area (Å²) in [4.78, 5) is 15.2. The molecule has 2 atom stereocenters. The molecule has 2 N–H and O–H groups in total. The van der Waals surface area contributed by atoms with Gasteiger partial charge in [0.05, 0.1) is 0 Å². The molecule has 5 rings (SSSR count).